The topological polar surface area (TPSA) is 66.4 Å². The minimum absolute atomic E-state index is 0.0532. The zero-order valence-electron chi connectivity index (χ0n) is 26.6. The Balaban J connectivity index is 1.29. The van der Waals surface area contributed by atoms with E-state index in [0.717, 1.165) is 37.6 Å². The Morgan fingerprint density at radius 2 is 1.98 bits per heavy atom. The van der Waals surface area contributed by atoms with Crippen LogP contribution in [0, 0.1) is 23.5 Å². The van der Waals surface area contributed by atoms with E-state index < -0.39 is 23.3 Å². The summed E-state index contributed by atoms with van der Waals surface area (Å²) in [6.45, 7) is 6.52. The van der Waals surface area contributed by atoms with Crippen molar-refractivity contribution in [2.45, 2.75) is 88.1 Å². The number of nitrogens with zero attached hydrogens (tertiary/aromatic N) is 5. The van der Waals surface area contributed by atoms with Gasteiger partial charge in [-0.1, -0.05) is 43.0 Å². The number of pyridine rings is 1. The van der Waals surface area contributed by atoms with Crippen molar-refractivity contribution in [2.24, 2.45) is 0 Å². The minimum atomic E-state index is -0.893. The number of alkyl halides is 1. The molecule has 0 radical (unpaired) electrons. The van der Waals surface area contributed by atoms with Crippen molar-refractivity contribution in [3.63, 3.8) is 0 Å². The van der Waals surface area contributed by atoms with Gasteiger partial charge < -0.3 is 15.0 Å². The second-order valence-corrected chi connectivity index (χ2v) is 14.1. The molecule has 7 heterocycles. The number of rotatable bonds is 4. The summed E-state index contributed by atoms with van der Waals surface area (Å²) in [4.78, 5) is 19.4. The molecule has 4 aromatic rings. The van der Waals surface area contributed by atoms with Crippen molar-refractivity contribution in [3.05, 3.63) is 53.2 Å². The molecule has 242 valence electrons. The SMILES string of the molecule is CC[C@@H]1CN2c3nc(OC[C@@]45CCCN4C[C@H](F)C5)nc4c(F)c5nc(c34)[C@H](C#Cc3c(F)ccc4cccc-5c34)CC[C@@H]2[C@H](C)N1. The first-order chi connectivity index (χ1) is 22.8. The fourth-order valence-electron chi connectivity index (χ4n) is 9.03. The fourth-order valence-corrected chi connectivity index (χ4v) is 9.03. The standard InChI is InChI=1S/C37H37F3N6O/c1-3-24-18-46-28(20(2)41-24)13-10-22-8-11-25-27(39)12-9-21-6-4-7-26(29(21)25)33-31(40)34-30(32(22)42-33)35(46)44-36(43-34)47-19-37-14-5-15-45(37)17-23(38)16-37/h4,6-7,9,12,20,22-24,28,41H,3,5,10,13-19H2,1-2H3/t20-,22+,23+,24+,28+,37-/m0/s1. The summed E-state index contributed by atoms with van der Waals surface area (Å²) in [6.07, 6.45) is 3.73. The average molecular weight is 639 g/mol. The van der Waals surface area contributed by atoms with Crippen LogP contribution in [0.25, 0.3) is 32.9 Å². The molecule has 0 spiro atoms. The first-order valence-corrected chi connectivity index (χ1v) is 17.0. The van der Waals surface area contributed by atoms with E-state index in [2.05, 4.69) is 40.8 Å². The van der Waals surface area contributed by atoms with Gasteiger partial charge in [0.1, 0.15) is 35.6 Å². The molecule has 7 nitrogen and oxygen atoms in total. The van der Waals surface area contributed by atoms with E-state index in [1.54, 1.807) is 12.1 Å². The van der Waals surface area contributed by atoms with E-state index >= 15 is 8.78 Å². The smallest absolute Gasteiger partial charge is 0.319 e. The number of anilines is 1. The molecule has 3 saturated heterocycles. The third-order valence-electron chi connectivity index (χ3n) is 11.4. The van der Waals surface area contributed by atoms with Gasteiger partial charge in [0.25, 0.3) is 0 Å². The van der Waals surface area contributed by atoms with Crippen molar-refractivity contribution in [1.82, 2.24) is 25.2 Å². The lowest BCUT2D eigenvalue weighted by Gasteiger charge is -2.46. The van der Waals surface area contributed by atoms with E-state index in [0.29, 0.717) is 53.8 Å². The van der Waals surface area contributed by atoms with Gasteiger partial charge in [0.2, 0.25) is 0 Å². The van der Waals surface area contributed by atoms with Crippen LogP contribution in [0.1, 0.15) is 69.5 Å². The van der Waals surface area contributed by atoms with Crippen molar-refractivity contribution in [3.8, 4) is 29.1 Å². The normalized spacial score (nSPS) is 29.4. The van der Waals surface area contributed by atoms with Crippen molar-refractivity contribution in [2.75, 3.05) is 31.1 Å². The lowest BCUT2D eigenvalue weighted by Crippen LogP contribution is -2.62. The molecule has 0 aliphatic carbocycles. The van der Waals surface area contributed by atoms with Crippen LogP contribution in [0.4, 0.5) is 19.0 Å². The molecular weight excluding hydrogens is 601 g/mol. The third kappa shape index (κ3) is 4.46. The third-order valence-corrected chi connectivity index (χ3v) is 11.4. The lowest BCUT2D eigenvalue weighted by molar-refractivity contribution is 0.107. The van der Waals surface area contributed by atoms with Crippen LogP contribution in [0.5, 0.6) is 6.01 Å². The number of nitrogens with one attached hydrogen (secondary N) is 1. The Morgan fingerprint density at radius 1 is 1.09 bits per heavy atom. The van der Waals surface area contributed by atoms with Gasteiger partial charge in [0.15, 0.2) is 5.82 Å². The fraction of sp³-hybridized carbons (Fsp3) is 0.486. The molecule has 6 atom stereocenters. The maximum atomic E-state index is 17.2. The molecule has 9 rings (SSSR count). The minimum Gasteiger partial charge on any atom is -0.461 e. The largest absolute Gasteiger partial charge is 0.461 e. The number of hydrogen-bond acceptors (Lipinski definition) is 7. The lowest BCUT2D eigenvalue weighted by atomic mass is 9.87. The van der Waals surface area contributed by atoms with Crippen LogP contribution in [0.15, 0.2) is 30.3 Å². The quantitative estimate of drug-likeness (QED) is 0.265. The monoisotopic (exact) mass is 638 g/mol. The first kappa shape index (κ1) is 29.2. The molecule has 0 unspecified atom stereocenters. The Kier molecular flexibility index (Phi) is 6.71. The number of aromatic nitrogens is 3. The van der Waals surface area contributed by atoms with Gasteiger partial charge in [0.05, 0.1) is 28.1 Å². The molecule has 10 heteroatoms. The second kappa shape index (κ2) is 10.8. The summed E-state index contributed by atoms with van der Waals surface area (Å²) in [7, 11) is 0. The summed E-state index contributed by atoms with van der Waals surface area (Å²) >= 11 is 0. The Bertz CT molecular complexity index is 2010. The highest BCUT2D eigenvalue weighted by atomic mass is 19.1. The molecule has 2 bridgehead atoms. The Morgan fingerprint density at radius 3 is 2.85 bits per heavy atom. The zero-order chi connectivity index (χ0) is 32.0. The van der Waals surface area contributed by atoms with Gasteiger partial charge in [-0.3, -0.25) is 4.90 Å². The second-order valence-electron chi connectivity index (χ2n) is 14.1. The van der Waals surface area contributed by atoms with Crippen LogP contribution in [0.3, 0.4) is 0 Å². The van der Waals surface area contributed by atoms with Crippen molar-refractivity contribution >= 4 is 27.5 Å². The number of piperazine rings is 1. The number of halogens is 3. The molecule has 3 fully saturated rings. The summed E-state index contributed by atoms with van der Waals surface area (Å²) in [6, 6.07) is 9.10. The molecule has 5 aliphatic rings. The maximum absolute atomic E-state index is 17.2. The van der Waals surface area contributed by atoms with Crippen LogP contribution >= 0.6 is 0 Å². The molecule has 0 amide bonds. The van der Waals surface area contributed by atoms with Gasteiger partial charge in [-0.15, -0.1) is 0 Å². The summed E-state index contributed by atoms with van der Waals surface area (Å²) < 4.78 is 53.7. The highest BCUT2D eigenvalue weighted by Gasteiger charge is 2.49. The van der Waals surface area contributed by atoms with Crippen LogP contribution in [0.2, 0.25) is 0 Å². The predicted octanol–water partition coefficient (Wildman–Crippen LogP) is 6.27. The molecule has 1 N–H and O–H groups in total. The summed E-state index contributed by atoms with van der Waals surface area (Å²) in [5.74, 6) is 5.73. The number of hydrogen-bond donors (Lipinski definition) is 1. The predicted molar refractivity (Wildman–Crippen MR) is 175 cm³/mol. The number of fused-ring (bicyclic) bond motifs is 5. The van der Waals surface area contributed by atoms with E-state index in [9.17, 15) is 4.39 Å². The molecule has 2 aromatic heterocycles. The van der Waals surface area contributed by atoms with E-state index in [-0.39, 0.29) is 53.4 Å². The maximum Gasteiger partial charge on any atom is 0.319 e. The van der Waals surface area contributed by atoms with E-state index in [1.165, 1.54) is 6.07 Å². The Labute approximate surface area is 271 Å². The zero-order valence-corrected chi connectivity index (χ0v) is 26.6. The van der Waals surface area contributed by atoms with Crippen LogP contribution in [-0.2, 0) is 0 Å². The van der Waals surface area contributed by atoms with Crippen LogP contribution < -0.4 is 15.0 Å². The van der Waals surface area contributed by atoms with E-state index in [1.807, 2.05) is 12.1 Å². The van der Waals surface area contributed by atoms with Gasteiger partial charge in [0, 0.05) is 48.6 Å². The molecule has 5 aliphatic heterocycles. The van der Waals surface area contributed by atoms with Crippen molar-refractivity contribution < 1.29 is 17.9 Å². The van der Waals surface area contributed by atoms with Crippen LogP contribution in [-0.4, -0.2) is 75.9 Å². The highest BCUT2D eigenvalue weighted by Crippen LogP contribution is 2.45. The Hall–Kier alpha value is -3.94. The molecule has 47 heavy (non-hydrogen) atoms. The van der Waals surface area contributed by atoms with Crippen molar-refractivity contribution in [1.29, 1.82) is 0 Å². The molecule has 0 saturated carbocycles. The highest BCUT2D eigenvalue weighted by molar-refractivity contribution is 6.03. The van der Waals surface area contributed by atoms with Gasteiger partial charge in [-0.05, 0) is 57.0 Å². The number of benzene rings is 2. The average Bonchev–Trinajstić information content (AvgIpc) is 3.60. The van der Waals surface area contributed by atoms with Gasteiger partial charge in [-0.2, -0.15) is 9.97 Å². The summed E-state index contributed by atoms with van der Waals surface area (Å²) in [5, 5.41) is 5.60. The summed E-state index contributed by atoms with van der Waals surface area (Å²) in [5.41, 5.74) is 1.19. The van der Waals surface area contributed by atoms with Gasteiger partial charge >= 0.3 is 6.01 Å². The van der Waals surface area contributed by atoms with Gasteiger partial charge in [-0.25, -0.2) is 18.2 Å². The van der Waals surface area contributed by atoms with E-state index in [4.69, 9.17) is 19.7 Å². The number of ether oxygens (including phenoxy) is 1. The molecule has 2 aromatic carbocycles. The first-order valence-electron chi connectivity index (χ1n) is 17.0. The molecular formula is C37H37F3N6O.